The van der Waals surface area contributed by atoms with Gasteiger partial charge in [-0.3, -0.25) is 13.9 Å². The number of halogens is 4. The van der Waals surface area contributed by atoms with Crippen LogP contribution in [0.3, 0.4) is 0 Å². The summed E-state index contributed by atoms with van der Waals surface area (Å²) in [6.45, 7) is -0.906. The molecule has 3 aromatic rings. The summed E-state index contributed by atoms with van der Waals surface area (Å²) in [6.07, 6.45) is -3.81. The largest absolute Gasteiger partial charge is 0.416 e. The number of hydrogen-bond donors (Lipinski definition) is 1. The first kappa shape index (κ1) is 30.0. The van der Waals surface area contributed by atoms with Crippen molar-refractivity contribution in [2.24, 2.45) is 0 Å². The molecule has 0 radical (unpaired) electrons. The van der Waals surface area contributed by atoms with E-state index in [0.717, 1.165) is 24.0 Å². The normalized spacial score (nSPS) is 12.5. The van der Waals surface area contributed by atoms with Crippen LogP contribution in [0.15, 0.2) is 78.9 Å². The molecule has 12 heteroatoms. The third kappa shape index (κ3) is 8.21. The van der Waals surface area contributed by atoms with Gasteiger partial charge in [-0.05, 0) is 41.5 Å². The van der Waals surface area contributed by atoms with Crippen molar-refractivity contribution < 1.29 is 31.2 Å². The molecule has 0 aliphatic heterocycles. The van der Waals surface area contributed by atoms with Crippen LogP contribution in [-0.4, -0.2) is 51.0 Å². The number of likely N-dealkylation sites (N-methyl/N-ethyl adjacent to an activating group) is 1. The minimum atomic E-state index is -4.72. The number of amides is 2. The van der Waals surface area contributed by atoms with E-state index in [1.807, 2.05) is 0 Å². The smallest absolute Gasteiger partial charge is 0.357 e. The quantitative estimate of drug-likeness (QED) is 0.382. The molecular weight excluding hydrogens is 555 g/mol. The molecule has 7 nitrogen and oxygen atoms in total. The Labute approximate surface area is 230 Å². The van der Waals surface area contributed by atoms with Gasteiger partial charge in [-0.1, -0.05) is 60.1 Å². The lowest BCUT2D eigenvalue weighted by Gasteiger charge is -2.33. The molecule has 0 spiro atoms. The highest BCUT2D eigenvalue weighted by atomic mass is 35.5. The maximum Gasteiger partial charge on any atom is 0.416 e. The van der Waals surface area contributed by atoms with Crippen LogP contribution >= 0.6 is 11.6 Å². The van der Waals surface area contributed by atoms with Crippen LogP contribution in [0.2, 0.25) is 5.02 Å². The molecule has 1 N–H and O–H groups in total. The number of carbonyl (C=O) groups excluding carboxylic acids is 2. The minimum absolute atomic E-state index is 0.0822. The summed E-state index contributed by atoms with van der Waals surface area (Å²) in [5.41, 5.74) is -0.0318. The summed E-state index contributed by atoms with van der Waals surface area (Å²) in [7, 11) is -2.78. The first-order chi connectivity index (χ1) is 18.3. The number of nitrogens with one attached hydrogen (secondary N) is 1. The molecule has 0 saturated carbocycles. The third-order valence-electron chi connectivity index (χ3n) is 5.92. The van der Waals surface area contributed by atoms with Crippen molar-refractivity contribution >= 4 is 39.1 Å². The lowest BCUT2D eigenvalue weighted by molar-refractivity contribution is -0.139. The summed E-state index contributed by atoms with van der Waals surface area (Å²) in [5, 5.41) is 3.00. The van der Waals surface area contributed by atoms with Gasteiger partial charge in [0.25, 0.3) is 0 Å². The van der Waals surface area contributed by atoms with Crippen molar-refractivity contribution in [1.82, 2.24) is 10.2 Å². The minimum Gasteiger partial charge on any atom is -0.357 e. The second-order valence-electron chi connectivity index (χ2n) is 8.79. The van der Waals surface area contributed by atoms with Gasteiger partial charge in [0.15, 0.2) is 0 Å². The predicted octanol–water partition coefficient (Wildman–Crippen LogP) is 4.51. The molecule has 1 unspecified atom stereocenters. The topological polar surface area (TPSA) is 86.8 Å². The summed E-state index contributed by atoms with van der Waals surface area (Å²) in [4.78, 5) is 28.0. The van der Waals surface area contributed by atoms with E-state index in [1.165, 1.54) is 18.0 Å². The lowest BCUT2D eigenvalue weighted by atomic mass is 10.0. The number of anilines is 1. The van der Waals surface area contributed by atoms with Crippen molar-refractivity contribution in [3.05, 3.63) is 101 Å². The van der Waals surface area contributed by atoms with Crippen LogP contribution in [0, 0.1) is 0 Å². The first-order valence-corrected chi connectivity index (χ1v) is 14.0. The number of carbonyl (C=O) groups is 2. The maximum atomic E-state index is 13.8. The molecular formula is C27H27ClF3N3O4S. The third-order valence-corrected chi connectivity index (χ3v) is 7.32. The molecule has 2 amide bonds. The molecule has 0 bridgehead atoms. The Morgan fingerprint density at radius 1 is 0.949 bits per heavy atom. The Hall–Kier alpha value is -3.57. The van der Waals surface area contributed by atoms with E-state index >= 15 is 0 Å². The molecule has 0 fully saturated rings. The Morgan fingerprint density at radius 3 is 2.15 bits per heavy atom. The van der Waals surface area contributed by atoms with Crippen LogP contribution in [-0.2, 0) is 38.8 Å². The zero-order valence-corrected chi connectivity index (χ0v) is 22.7. The van der Waals surface area contributed by atoms with Crippen molar-refractivity contribution in [1.29, 1.82) is 0 Å². The van der Waals surface area contributed by atoms with Gasteiger partial charge in [0.2, 0.25) is 21.8 Å². The van der Waals surface area contributed by atoms with Gasteiger partial charge >= 0.3 is 6.18 Å². The van der Waals surface area contributed by atoms with Gasteiger partial charge in [-0.25, -0.2) is 8.42 Å². The first-order valence-electron chi connectivity index (χ1n) is 11.7. The molecule has 39 heavy (non-hydrogen) atoms. The highest BCUT2D eigenvalue weighted by Crippen LogP contribution is 2.32. The van der Waals surface area contributed by atoms with Crippen molar-refractivity contribution in [3.63, 3.8) is 0 Å². The standard InChI is InChI=1S/C27H27ClF3N3O4S/c1-32-26(36)24(15-19-7-4-3-5-8-19)33(17-20-11-13-22(28)14-12-20)25(35)18-34(39(2,37)38)23-10-6-9-21(16-23)27(29,30)31/h3-14,16,24H,15,17-18H2,1-2H3,(H,32,36). The molecule has 0 aromatic heterocycles. The lowest BCUT2D eigenvalue weighted by Crippen LogP contribution is -2.52. The van der Waals surface area contributed by atoms with E-state index in [1.54, 1.807) is 54.6 Å². The van der Waals surface area contributed by atoms with Crippen LogP contribution in [0.25, 0.3) is 0 Å². The predicted molar refractivity (Wildman–Crippen MR) is 144 cm³/mol. The van der Waals surface area contributed by atoms with E-state index in [4.69, 9.17) is 11.6 Å². The zero-order chi connectivity index (χ0) is 28.8. The second-order valence-corrected chi connectivity index (χ2v) is 11.1. The highest BCUT2D eigenvalue weighted by molar-refractivity contribution is 7.92. The van der Waals surface area contributed by atoms with Gasteiger partial charge in [-0.15, -0.1) is 0 Å². The van der Waals surface area contributed by atoms with Crippen molar-refractivity contribution in [3.8, 4) is 0 Å². The molecule has 208 valence electrons. The van der Waals surface area contributed by atoms with Crippen LogP contribution in [0.1, 0.15) is 16.7 Å². The SMILES string of the molecule is CNC(=O)C(Cc1ccccc1)N(Cc1ccc(Cl)cc1)C(=O)CN(c1cccc(C(F)(F)F)c1)S(C)(=O)=O. The maximum absolute atomic E-state index is 13.8. The molecule has 0 heterocycles. The number of benzene rings is 3. The fraction of sp³-hybridized carbons (Fsp3) is 0.259. The average molecular weight is 582 g/mol. The van der Waals surface area contributed by atoms with Crippen LogP contribution in [0.5, 0.6) is 0 Å². The van der Waals surface area contributed by atoms with E-state index in [0.29, 0.717) is 21.0 Å². The summed E-state index contributed by atoms with van der Waals surface area (Å²) < 4.78 is 66.0. The fourth-order valence-corrected chi connectivity index (χ4v) is 4.93. The Kier molecular flexibility index (Phi) is 9.63. The van der Waals surface area contributed by atoms with Gasteiger partial charge in [0.1, 0.15) is 12.6 Å². The zero-order valence-electron chi connectivity index (χ0n) is 21.2. The summed E-state index contributed by atoms with van der Waals surface area (Å²) >= 11 is 5.99. The fourth-order valence-electron chi connectivity index (χ4n) is 3.96. The Morgan fingerprint density at radius 2 is 1.59 bits per heavy atom. The van der Waals surface area contributed by atoms with E-state index < -0.39 is 46.2 Å². The average Bonchev–Trinajstić information content (AvgIpc) is 2.89. The van der Waals surface area contributed by atoms with E-state index in [9.17, 15) is 31.2 Å². The molecule has 0 saturated heterocycles. The van der Waals surface area contributed by atoms with Crippen molar-refractivity contribution in [2.75, 3.05) is 24.2 Å². The Balaban J connectivity index is 2.04. The molecule has 0 aliphatic carbocycles. The van der Waals surface area contributed by atoms with Crippen molar-refractivity contribution in [2.45, 2.75) is 25.2 Å². The van der Waals surface area contributed by atoms with Gasteiger partial charge in [0.05, 0.1) is 17.5 Å². The monoisotopic (exact) mass is 581 g/mol. The number of sulfonamides is 1. The Bertz CT molecular complexity index is 1400. The number of rotatable bonds is 10. The van der Waals surface area contributed by atoms with Crippen LogP contribution in [0.4, 0.5) is 18.9 Å². The molecule has 0 aliphatic rings. The molecule has 1 atom stereocenters. The van der Waals surface area contributed by atoms with Gasteiger partial charge in [0, 0.05) is 25.0 Å². The van der Waals surface area contributed by atoms with Gasteiger partial charge < -0.3 is 10.2 Å². The number of hydrogen-bond acceptors (Lipinski definition) is 4. The highest BCUT2D eigenvalue weighted by Gasteiger charge is 2.34. The van der Waals surface area contributed by atoms with Gasteiger partial charge in [-0.2, -0.15) is 13.2 Å². The van der Waals surface area contributed by atoms with Crippen LogP contribution < -0.4 is 9.62 Å². The molecule has 3 aromatic carbocycles. The van der Waals surface area contributed by atoms with E-state index in [-0.39, 0.29) is 18.7 Å². The van der Waals surface area contributed by atoms with E-state index in [2.05, 4.69) is 5.32 Å². The number of alkyl halides is 3. The number of nitrogens with zero attached hydrogens (tertiary/aromatic N) is 2. The molecule has 3 rings (SSSR count). The second kappa shape index (κ2) is 12.5. The summed E-state index contributed by atoms with van der Waals surface area (Å²) in [6, 6.07) is 18.1. The summed E-state index contributed by atoms with van der Waals surface area (Å²) in [5.74, 6) is -1.27.